The summed E-state index contributed by atoms with van der Waals surface area (Å²) in [7, 11) is 0. The molecule has 120 valence electrons. The van der Waals surface area contributed by atoms with Gasteiger partial charge in [0.05, 0.1) is 24.1 Å². The van der Waals surface area contributed by atoms with Crippen molar-refractivity contribution in [3.05, 3.63) is 83.4 Å². The number of nitrogens with one attached hydrogen (secondary N) is 1. The van der Waals surface area contributed by atoms with Crippen LogP contribution in [-0.2, 0) is 6.54 Å². The number of carbonyl (C=O) groups is 1. The van der Waals surface area contributed by atoms with Crippen molar-refractivity contribution in [2.75, 3.05) is 0 Å². The summed E-state index contributed by atoms with van der Waals surface area (Å²) < 4.78 is 0. The molecule has 1 N–H and O–H groups in total. The fraction of sp³-hybridized carbons (Fsp3) is 0.150. The minimum Gasteiger partial charge on any atom is -0.346 e. The molecule has 1 heterocycles. The molecule has 0 spiro atoms. The molecule has 0 aliphatic rings. The third-order valence-electron chi connectivity index (χ3n) is 3.93. The highest BCUT2D eigenvalue weighted by atomic mass is 16.1. The second-order valence-corrected chi connectivity index (χ2v) is 5.68. The highest BCUT2D eigenvalue weighted by molar-refractivity contribution is 5.97. The zero-order valence-corrected chi connectivity index (χ0v) is 13.8. The van der Waals surface area contributed by atoms with Crippen molar-refractivity contribution in [1.82, 2.24) is 15.3 Å². The van der Waals surface area contributed by atoms with E-state index >= 15 is 0 Å². The Bertz CT molecular complexity index is 843. The van der Waals surface area contributed by atoms with Crippen molar-refractivity contribution in [1.29, 1.82) is 0 Å². The lowest BCUT2D eigenvalue weighted by atomic mass is 9.96. The van der Waals surface area contributed by atoms with E-state index in [1.54, 1.807) is 12.4 Å². The fourth-order valence-electron chi connectivity index (χ4n) is 2.59. The zero-order valence-electron chi connectivity index (χ0n) is 13.8. The van der Waals surface area contributed by atoms with Crippen LogP contribution >= 0.6 is 0 Å². The Labute approximate surface area is 141 Å². The van der Waals surface area contributed by atoms with E-state index in [4.69, 9.17) is 0 Å². The van der Waals surface area contributed by atoms with Crippen molar-refractivity contribution < 1.29 is 4.79 Å². The smallest absolute Gasteiger partial charge is 0.251 e. The Morgan fingerprint density at radius 2 is 1.75 bits per heavy atom. The van der Waals surface area contributed by atoms with E-state index in [2.05, 4.69) is 15.3 Å². The van der Waals surface area contributed by atoms with Crippen LogP contribution in [0.5, 0.6) is 0 Å². The van der Waals surface area contributed by atoms with Gasteiger partial charge >= 0.3 is 0 Å². The van der Waals surface area contributed by atoms with Crippen LogP contribution in [0.3, 0.4) is 0 Å². The molecule has 0 aliphatic heterocycles. The molecule has 24 heavy (non-hydrogen) atoms. The quantitative estimate of drug-likeness (QED) is 0.798. The molecule has 0 bridgehead atoms. The van der Waals surface area contributed by atoms with Crippen LogP contribution in [0.4, 0.5) is 0 Å². The Kier molecular flexibility index (Phi) is 4.66. The lowest BCUT2D eigenvalue weighted by Crippen LogP contribution is -2.24. The highest BCUT2D eigenvalue weighted by Crippen LogP contribution is 2.25. The third-order valence-corrected chi connectivity index (χ3v) is 3.93. The first-order chi connectivity index (χ1) is 11.6. The lowest BCUT2D eigenvalue weighted by molar-refractivity contribution is 0.0950. The first-order valence-corrected chi connectivity index (χ1v) is 7.86. The Morgan fingerprint density at radius 1 is 0.958 bits per heavy atom. The van der Waals surface area contributed by atoms with Gasteiger partial charge in [-0.05, 0) is 36.6 Å². The molecule has 0 fully saturated rings. The van der Waals surface area contributed by atoms with Crippen molar-refractivity contribution >= 4 is 5.91 Å². The summed E-state index contributed by atoms with van der Waals surface area (Å²) in [4.78, 5) is 21.0. The van der Waals surface area contributed by atoms with E-state index in [9.17, 15) is 4.79 Å². The molecular weight excluding hydrogens is 298 g/mol. The predicted octanol–water partition coefficient (Wildman–Crippen LogP) is 3.69. The van der Waals surface area contributed by atoms with E-state index in [1.165, 1.54) is 0 Å². The first kappa shape index (κ1) is 15.9. The molecule has 0 atom stereocenters. The lowest BCUT2D eigenvalue weighted by Gasteiger charge is -2.12. The van der Waals surface area contributed by atoms with Crippen molar-refractivity contribution in [2.45, 2.75) is 20.4 Å². The molecular formula is C20H19N3O. The van der Waals surface area contributed by atoms with E-state index in [0.29, 0.717) is 12.1 Å². The zero-order chi connectivity index (χ0) is 16.9. The largest absolute Gasteiger partial charge is 0.346 e. The van der Waals surface area contributed by atoms with Gasteiger partial charge in [-0.2, -0.15) is 0 Å². The second-order valence-electron chi connectivity index (χ2n) is 5.68. The maximum absolute atomic E-state index is 12.5. The van der Waals surface area contributed by atoms with Gasteiger partial charge in [-0.25, -0.2) is 0 Å². The summed E-state index contributed by atoms with van der Waals surface area (Å²) in [6, 6.07) is 15.9. The van der Waals surface area contributed by atoms with Gasteiger partial charge in [-0.3, -0.25) is 14.8 Å². The number of hydrogen-bond acceptors (Lipinski definition) is 3. The Balaban J connectivity index is 1.79. The van der Waals surface area contributed by atoms with Gasteiger partial charge in [-0.1, -0.05) is 42.5 Å². The van der Waals surface area contributed by atoms with Crippen LogP contribution in [0.25, 0.3) is 11.1 Å². The number of rotatable bonds is 4. The maximum Gasteiger partial charge on any atom is 0.251 e. The van der Waals surface area contributed by atoms with E-state index < -0.39 is 0 Å². The summed E-state index contributed by atoms with van der Waals surface area (Å²) >= 11 is 0. The summed E-state index contributed by atoms with van der Waals surface area (Å²) in [5.41, 5.74) is 5.42. The average molecular weight is 317 g/mol. The van der Waals surface area contributed by atoms with Gasteiger partial charge < -0.3 is 5.32 Å². The van der Waals surface area contributed by atoms with Crippen molar-refractivity contribution in [3.63, 3.8) is 0 Å². The van der Waals surface area contributed by atoms with E-state index in [-0.39, 0.29) is 5.91 Å². The van der Waals surface area contributed by atoms with Gasteiger partial charge in [0.15, 0.2) is 0 Å². The number of benzene rings is 2. The summed E-state index contributed by atoms with van der Waals surface area (Å²) in [6.07, 6.45) is 3.38. The fourth-order valence-corrected chi connectivity index (χ4v) is 2.59. The second kappa shape index (κ2) is 7.04. The third kappa shape index (κ3) is 3.49. The van der Waals surface area contributed by atoms with Gasteiger partial charge in [0.25, 0.3) is 5.91 Å². The molecule has 3 aromatic rings. The molecule has 1 amide bonds. The molecule has 0 aliphatic carbocycles. The summed E-state index contributed by atoms with van der Waals surface area (Å²) in [5, 5.41) is 2.91. The van der Waals surface area contributed by atoms with Gasteiger partial charge in [0, 0.05) is 11.8 Å². The minimum atomic E-state index is -0.104. The van der Waals surface area contributed by atoms with Crippen LogP contribution < -0.4 is 5.32 Å². The number of amides is 1. The number of carbonyl (C=O) groups excluding carboxylic acids is 1. The van der Waals surface area contributed by atoms with Crippen LogP contribution in [0.15, 0.2) is 60.9 Å². The van der Waals surface area contributed by atoms with E-state index in [1.807, 2.05) is 62.4 Å². The normalized spacial score (nSPS) is 10.4. The predicted molar refractivity (Wildman–Crippen MR) is 94.6 cm³/mol. The maximum atomic E-state index is 12.5. The Morgan fingerprint density at radius 3 is 2.46 bits per heavy atom. The molecule has 4 nitrogen and oxygen atoms in total. The number of aryl methyl sites for hydroxylation is 1. The van der Waals surface area contributed by atoms with Crippen molar-refractivity contribution in [3.8, 4) is 11.1 Å². The van der Waals surface area contributed by atoms with Gasteiger partial charge in [0.1, 0.15) is 0 Å². The molecule has 2 aromatic carbocycles. The van der Waals surface area contributed by atoms with Crippen LogP contribution in [0.1, 0.15) is 27.3 Å². The number of hydrogen-bond donors (Lipinski definition) is 1. The van der Waals surface area contributed by atoms with Crippen molar-refractivity contribution in [2.24, 2.45) is 0 Å². The first-order valence-electron chi connectivity index (χ1n) is 7.86. The molecule has 0 saturated heterocycles. The molecule has 0 unspecified atom stereocenters. The summed E-state index contributed by atoms with van der Waals surface area (Å²) in [5.74, 6) is -0.104. The number of aromatic nitrogens is 2. The monoisotopic (exact) mass is 317 g/mol. The molecule has 0 radical (unpaired) electrons. The minimum absolute atomic E-state index is 0.104. The van der Waals surface area contributed by atoms with Gasteiger partial charge in [-0.15, -0.1) is 0 Å². The van der Waals surface area contributed by atoms with Crippen LogP contribution in [0, 0.1) is 13.8 Å². The van der Waals surface area contributed by atoms with Gasteiger partial charge in [0.2, 0.25) is 0 Å². The topological polar surface area (TPSA) is 54.9 Å². The standard InChI is InChI=1S/C20H19N3O/c1-14-11-22-17(12-21-14)13-23-20(24)19-10-6-9-18(15(19)2)16-7-4-3-5-8-16/h3-12H,13H2,1-2H3,(H,23,24). The molecule has 3 rings (SSSR count). The SMILES string of the molecule is Cc1cnc(CNC(=O)c2cccc(-c3ccccc3)c2C)cn1. The molecule has 0 saturated carbocycles. The van der Waals surface area contributed by atoms with Crippen LogP contribution in [-0.4, -0.2) is 15.9 Å². The highest BCUT2D eigenvalue weighted by Gasteiger charge is 2.12. The average Bonchev–Trinajstić information content (AvgIpc) is 2.62. The van der Waals surface area contributed by atoms with Crippen LogP contribution in [0.2, 0.25) is 0 Å². The number of nitrogens with zero attached hydrogens (tertiary/aromatic N) is 2. The molecule has 4 heteroatoms. The van der Waals surface area contributed by atoms with E-state index in [0.717, 1.165) is 28.1 Å². The summed E-state index contributed by atoms with van der Waals surface area (Å²) in [6.45, 7) is 4.22. The Hall–Kier alpha value is -3.01. The molecule has 1 aromatic heterocycles.